The standard InChI is InChI=1S/C22H26ClO/c1-2-24-22-15-14-20(16-21(22)23)19-12-10-18(11-13-19)9-8-17-6-4-3-5-7-17/h3,10-17H,2,4-9H2,1H3. The van der Waals surface area contributed by atoms with E-state index in [1.165, 1.54) is 49.7 Å². The van der Waals surface area contributed by atoms with Crippen molar-refractivity contribution in [1.82, 2.24) is 0 Å². The molecule has 24 heavy (non-hydrogen) atoms. The van der Waals surface area contributed by atoms with E-state index in [0.29, 0.717) is 11.6 Å². The first-order chi connectivity index (χ1) is 11.8. The average molecular weight is 342 g/mol. The lowest BCUT2D eigenvalue weighted by atomic mass is 9.85. The smallest absolute Gasteiger partial charge is 0.137 e. The van der Waals surface area contributed by atoms with E-state index in [1.807, 2.05) is 19.1 Å². The molecule has 2 aromatic carbocycles. The number of hydrogen-bond acceptors (Lipinski definition) is 1. The minimum atomic E-state index is 0.632. The highest BCUT2D eigenvalue weighted by molar-refractivity contribution is 6.32. The van der Waals surface area contributed by atoms with Crippen LogP contribution in [0.15, 0.2) is 42.5 Å². The molecular weight excluding hydrogens is 316 g/mol. The average Bonchev–Trinajstić information content (AvgIpc) is 2.63. The van der Waals surface area contributed by atoms with Crippen molar-refractivity contribution >= 4 is 11.6 Å². The zero-order chi connectivity index (χ0) is 16.8. The van der Waals surface area contributed by atoms with Gasteiger partial charge < -0.3 is 4.74 Å². The molecule has 0 spiro atoms. The monoisotopic (exact) mass is 341 g/mol. The maximum Gasteiger partial charge on any atom is 0.137 e. The van der Waals surface area contributed by atoms with E-state index in [1.54, 1.807) is 0 Å². The van der Waals surface area contributed by atoms with Crippen LogP contribution in [-0.2, 0) is 6.42 Å². The third kappa shape index (κ3) is 4.54. The topological polar surface area (TPSA) is 9.23 Å². The quantitative estimate of drug-likeness (QED) is 0.565. The highest BCUT2D eigenvalue weighted by Gasteiger charge is 2.13. The number of ether oxygens (including phenoxy) is 1. The van der Waals surface area contributed by atoms with Crippen LogP contribution in [-0.4, -0.2) is 6.61 Å². The van der Waals surface area contributed by atoms with Crippen LogP contribution in [0.25, 0.3) is 11.1 Å². The van der Waals surface area contributed by atoms with Crippen LogP contribution in [0.3, 0.4) is 0 Å². The van der Waals surface area contributed by atoms with Crippen LogP contribution in [0.5, 0.6) is 5.75 Å². The molecule has 0 aliphatic heterocycles. The molecule has 0 atom stereocenters. The lowest BCUT2D eigenvalue weighted by molar-refractivity contribution is 0.340. The van der Waals surface area contributed by atoms with Crippen LogP contribution >= 0.6 is 11.6 Å². The molecule has 2 aromatic rings. The number of halogens is 1. The molecule has 1 radical (unpaired) electrons. The van der Waals surface area contributed by atoms with Crippen molar-refractivity contribution in [1.29, 1.82) is 0 Å². The van der Waals surface area contributed by atoms with Crippen LogP contribution in [0.4, 0.5) is 0 Å². The van der Waals surface area contributed by atoms with Crippen LogP contribution < -0.4 is 4.74 Å². The van der Waals surface area contributed by atoms with Crippen LogP contribution in [0.2, 0.25) is 5.02 Å². The van der Waals surface area contributed by atoms with E-state index in [2.05, 4.69) is 36.8 Å². The van der Waals surface area contributed by atoms with Crippen molar-refractivity contribution < 1.29 is 4.74 Å². The summed E-state index contributed by atoms with van der Waals surface area (Å²) in [6, 6.07) is 14.9. The van der Waals surface area contributed by atoms with Gasteiger partial charge in [-0.2, -0.15) is 0 Å². The molecule has 2 heteroatoms. The summed E-state index contributed by atoms with van der Waals surface area (Å²) >= 11 is 6.30. The van der Waals surface area contributed by atoms with Crippen molar-refractivity contribution in [2.75, 3.05) is 6.61 Å². The summed E-state index contributed by atoms with van der Waals surface area (Å²) in [7, 11) is 0. The number of rotatable bonds is 6. The van der Waals surface area contributed by atoms with Gasteiger partial charge in [-0.3, -0.25) is 0 Å². The van der Waals surface area contributed by atoms with Gasteiger partial charge in [0, 0.05) is 0 Å². The first kappa shape index (κ1) is 17.4. The molecule has 0 saturated heterocycles. The van der Waals surface area contributed by atoms with E-state index in [9.17, 15) is 0 Å². The van der Waals surface area contributed by atoms with Crippen molar-refractivity contribution in [2.45, 2.75) is 45.4 Å². The second-order valence-electron chi connectivity index (χ2n) is 6.62. The Balaban J connectivity index is 1.62. The highest BCUT2D eigenvalue weighted by Crippen LogP contribution is 2.31. The predicted octanol–water partition coefficient (Wildman–Crippen LogP) is 6.73. The zero-order valence-electron chi connectivity index (χ0n) is 14.4. The van der Waals surface area contributed by atoms with Crippen molar-refractivity contribution in [3.63, 3.8) is 0 Å². The van der Waals surface area contributed by atoms with Crippen molar-refractivity contribution in [3.05, 3.63) is 59.5 Å². The Hall–Kier alpha value is -1.47. The maximum absolute atomic E-state index is 6.30. The van der Waals surface area contributed by atoms with Gasteiger partial charge in [0.2, 0.25) is 0 Å². The SMILES string of the molecule is CCOc1ccc(-c2ccc(CCC3CC[CH]CC3)cc2)cc1Cl. The van der Waals surface area contributed by atoms with Crippen LogP contribution in [0, 0.1) is 12.3 Å². The van der Waals surface area contributed by atoms with E-state index < -0.39 is 0 Å². The third-order valence-electron chi connectivity index (χ3n) is 4.92. The molecule has 0 N–H and O–H groups in total. The molecular formula is C22H26ClO. The third-order valence-corrected chi connectivity index (χ3v) is 5.21. The lowest BCUT2D eigenvalue weighted by Crippen LogP contribution is -2.07. The van der Waals surface area contributed by atoms with Gasteiger partial charge >= 0.3 is 0 Å². The van der Waals surface area contributed by atoms with Gasteiger partial charge in [-0.1, -0.05) is 54.8 Å². The molecule has 0 heterocycles. The Morgan fingerprint density at radius 1 is 1.00 bits per heavy atom. The van der Waals surface area contributed by atoms with Gasteiger partial charge in [0.05, 0.1) is 11.6 Å². The summed E-state index contributed by atoms with van der Waals surface area (Å²) in [5.41, 5.74) is 3.78. The molecule has 1 nitrogen and oxygen atoms in total. The van der Waals surface area contributed by atoms with Crippen LogP contribution in [0.1, 0.15) is 44.6 Å². The predicted molar refractivity (Wildman–Crippen MR) is 103 cm³/mol. The van der Waals surface area contributed by atoms with E-state index >= 15 is 0 Å². The Morgan fingerprint density at radius 2 is 1.71 bits per heavy atom. The Morgan fingerprint density at radius 3 is 2.38 bits per heavy atom. The lowest BCUT2D eigenvalue weighted by Gasteiger charge is -2.21. The summed E-state index contributed by atoms with van der Waals surface area (Å²) in [5.74, 6) is 1.67. The summed E-state index contributed by atoms with van der Waals surface area (Å²) < 4.78 is 5.50. The van der Waals surface area contributed by atoms with E-state index in [0.717, 1.165) is 17.2 Å². The summed E-state index contributed by atoms with van der Waals surface area (Å²) in [6.45, 7) is 2.60. The molecule has 1 aliphatic carbocycles. The molecule has 1 saturated carbocycles. The Labute approximate surface area is 151 Å². The zero-order valence-corrected chi connectivity index (χ0v) is 15.2. The highest BCUT2D eigenvalue weighted by atomic mass is 35.5. The number of benzene rings is 2. The van der Waals surface area contributed by atoms with E-state index in [4.69, 9.17) is 16.3 Å². The van der Waals surface area contributed by atoms with Gasteiger partial charge in [-0.25, -0.2) is 0 Å². The van der Waals surface area contributed by atoms with Gasteiger partial charge in [-0.15, -0.1) is 0 Å². The molecule has 1 fully saturated rings. The summed E-state index contributed by atoms with van der Waals surface area (Å²) in [5, 5.41) is 0.674. The largest absolute Gasteiger partial charge is 0.492 e. The normalized spacial score (nSPS) is 15.4. The molecule has 0 unspecified atom stereocenters. The minimum Gasteiger partial charge on any atom is -0.492 e. The fourth-order valence-electron chi connectivity index (χ4n) is 3.47. The van der Waals surface area contributed by atoms with Gasteiger partial charge in [0.15, 0.2) is 0 Å². The summed E-state index contributed by atoms with van der Waals surface area (Å²) in [4.78, 5) is 0. The first-order valence-corrected chi connectivity index (χ1v) is 9.47. The Bertz CT molecular complexity index is 642. The molecule has 0 amide bonds. The second-order valence-corrected chi connectivity index (χ2v) is 7.03. The first-order valence-electron chi connectivity index (χ1n) is 9.09. The summed E-state index contributed by atoms with van der Waals surface area (Å²) in [6.07, 6.45) is 10.3. The molecule has 0 aromatic heterocycles. The number of hydrogen-bond donors (Lipinski definition) is 0. The van der Waals surface area contributed by atoms with Gasteiger partial charge in [0.25, 0.3) is 0 Å². The van der Waals surface area contributed by atoms with E-state index in [-0.39, 0.29) is 0 Å². The second kappa shape index (κ2) is 8.58. The molecule has 1 aliphatic rings. The molecule has 127 valence electrons. The van der Waals surface area contributed by atoms with Crippen molar-refractivity contribution in [2.24, 2.45) is 5.92 Å². The maximum atomic E-state index is 6.30. The van der Waals surface area contributed by atoms with Gasteiger partial charge in [0.1, 0.15) is 5.75 Å². The molecule has 0 bridgehead atoms. The Kier molecular flexibility index (Phi) is 6.20. The van der Waals surface area contributed by atoms with Crippen molar-refractivity contribution in [3.8, 4) is 16.9 Å². The minimum absolute atomic E-state index is 0.632. The van der Waals surface area contributed by atoms with Gasteiger partial charge in [-0.05, 0) is 73.8 Å². The fourth-order valence-corrected chi connectivity index (χ4v) is 3.71. The molecule has 3 rings (SSSR count). The number of aryl methyl sites for hydroxylation is 1. The fraction of sp³-hybridized carbons (Fsp3) is 0.409.